The van der Waals surface area contributed by atoms with Gasteiger partial charge < -0.3 is 15.0 Å². The molecular formula is C23H27Cl3N2O3. The van der Waals surface area contributed by atoms with Gasteiger partial charge in [0.25, 0.3) is 5.91 Å². The van der Waals surface area contributed by atoms with Crippen molar-refractivity contribution in [3.63, 3.8) is 0 Å². The number of ether oxygens (including phenoxy) is 1. The van der Waals surface area contributed by atoms with Gasteiger partial charge in [-0.2, -0.15) is 0 Å². The molecular weight excluding hydrogens is 459 g/mol. The van der Waals surface area contributed by atoms with Gasteiger partial charge in [-0.1, -0.05) is 67.2 Å². The number of hydrogen-bond acceptors (Lipinski definition) is 3. The molecule has 0 saturated heterocycles. The van der Waals surface area contributed by atoms with E-state index in [9.17, 15) is 9.59 Å². The van der Waals surface area contributed by atoms with Crippen LogP contribution in [0.25, 0.3) is 0 Å². The van der Waals surface area contributed by atoms with Gasteiger partial charge in [-0.3, -0.25) is 9.59 Å². The summed E-state index contributed by atoms with van der Waals surface area (Å²) in [6.45, 7) is 4.30. The fraction of sp³-hybridized carbons (Fsp3) is 0.391. The Balaban J connectivity index is 2.24. The zero-order chi connectivity index (χ0) is 22.8. The first-order valence-electron chi connectivity index (χ1n) is 10.3. The first-order chi connectivity index (χ1) is 14.9. The van der Waals surface area contributed by atoms with Gasteiger partial charge in [0.1, 0.15) is 11.8 Å². The molecule has 0 spiro atoms. The summed E-state index contributed by atoms with van der Waals surface area (Å²) in [4.78, 5) is 27.5. The van der Waals surface area contributed by atoms with E-state index in [0.717, 1.165) is 12.8 Å². The van der Waals surface area contributed by atoms with E-state index in [1.807, 2.05) is 13.8 Å². The van der Waals surface area contributed by atoms with Crippen LogP contribution in [0.3, 0.4) is 0 Å². The smallest absolute Gasteiger partial charge is 0.261 e. The molecule has 168 valence electrons. The van der Waals surface area contributed by atoms with Gasteiger partial charge in [0, 0.05) is 33.7 Å². The lowest BCUT2D eigenvalue weighted by molar-refractivity contribution is -0.143. The Labute approximate surface area is 198 Å². The molecule has 5 nitrogen and oxygen atoms in total. The first-order valence-corrected chi connectivity index (χ1v) is 11.4. The second-order valence-corrected chi connectivity index (χ2v) is 8.29. The van der Waals surface area contributed by atoms with Crippen LogP contribution < -0.4 is 10.1 Å². The van der Waals surface area contributed by atoms with Gasteiger partial charge in [0.15, 0.2) is 6.61 Å². The van der Waals surface area contributed by atoms with E-state index < -0.39 is 6.04 Å². The minimum Gasteiger partial charge on any atom is -0.484 e. The third kappa shape index (κ3) is 7.60. The molecule has 2 aromatic rings. The highest BCUT2D eigenvalue weighted by Gasteiger charge is 2.29. The van der Waals surface area contributed by atoms with Crippen molar-refractivity contribution in [1.29, 1.82) is 0 Å². The first kappa shape index (κ1) is 25.3. The number of carbonyl (C=O) groups is 2. The molecule has 0 aliphatic heterocycles. The molecule has 0 fully saturated rings. The van der Waals surface area contributed by atoms with E-state index in [-0.39, 0.29) is 25.0 Å². The Morgan fingerprint density at radius 1 is 1.06 bits per heavy atom. The number of benzene rings is 2. The Morgan fingerprint density at radius 2 is 1.74 bits per heavy atom. The minimum absolute atomic E-state index is 0.0932. The number of unbranched alkanes of at least 4 members (excludes halogenated alkanes) is 1. The maximum atomic E-state index is 13.2. The predicted octanol–water partition coefficient (Wildman–Crippen LogP) is 5.75. The Hall–Kier alpha value is -1.95. The normalized spacial score (nSPS) is 11.6. The molecule has 31 heavy (non-hydrogen) atoms. The lowest BCUT2D eigenvalue weighted by atomic mass is 10.1. The van der Waals surface area contributed by atoms with Crippen molar-refractivity contribution in [2.24, 2.45) is 0 Å². The second-order valence-electron chi connectivity index (χ2n) is 7.04. The summed E-state index contributed by atoms with van der Waals surface area (Å²) in [5.74, 6) is -0.0966. The summed E-state index contributed by atoms with van der Waals surface area (Å²) in [5.41, 5.74) is 0.585. The predicted molar refractivity (Wildman–Crippen MR) is 126 cm³/mol. The van der Waals surface area contributed by atoms with Gasteiger partial charge in [0.2, 0.25) is 5.91 Å². The molecule has 0 bridgehead atoms. The standard InChI is InChI=1S/C23H27Cl3N2O3/c1-3-5-12-27-23(30)21(4-2)28(14-18-19(25)10-7-11-20(18)26)22(29)15-31-17-9-6-8-16(24)13-17/h6-11,13,21H,3-5,12,14-15H2,1-2H3,(H,27,30). The summed E-state index contributed by atoms with van der Waals surface area (Å²) in [6, 6.07) is 11.3. The maximum absolute atomic E-state index is 13.2. The lowest BCUT2D eigenvalue weighted by Gasteiger charge is -2.31. The van der Waals surface area contributed by atoms with Crippen molar-refractivity contribution in [3.8, 4) is 5.75 Å². The Bertz CT molecular complexity index is 872. The molecule has 0 saturated carbocycles. The van der Waals surface area contributed by atoms with Crippen LogP contribution in [0.2, 0.25) is 15.1 Å². The molecule has 0 heterocycles. The number of hydrogen-bond donors (Lipinski definition) is 1. The van der Waals surface area contributed by atoms with E-state index in [4.69, 9.17) is 39.5 Å². The largest absolute Gasteiger partial charge is 0.484 e. The van der Waals surface area contributed by atoms with Crippen LogP contribution in [0.5, 0.6) is 5.75 Å². The monoisotopic (exact) mass is 484 g/mol. The molecule has 2 aromatic carbocycles. The average Bonchev–Trinajstić information content (AvgIpc) is 2.74. The third-order valence-electron chi connectivity index (χ3n) is 4.76. The number of rotatable bonds is 11. The average molecular weight is 486 g/mol. The molecule has 0 aliphatic carbocycles. The number of amides is 2. The van der Waals surface area contributed by atoms with Crippen LogP contribution in [0.15, 0.2) is 42.5 Å². The minimum atomic E-state index is -0.681. The van der Waals surface area contributed by atoms with Crippen LogP contribution in [0, 0.1) is 0 Å². The zero-order valence-electron chi connectivity index (χ0n) is 17.7. The van der Waals surface area contributed by atoms with Crippen LogP contribution >= 0.6 is 34.8 Å². The van der Waals surface area contributed by atoms with E-state index in [0.29, 0.717) is 39.3 Å². The Morgan fingerprint density at radius 3 is 2.35 bits per heavy atom. The van der Waals surface area contributed by atoms with Crippen LogP contribution in [-0.4, -0.2) is 35.9 Å². The van der Waals surface area contributed by atoms with E-state index in [1.54, 1.807) is 42.5 Å². The van der Waals surface area contributed by atoms with Crippen LogP contribution in [-0.2, 0) is 16.1 Å². The molecule has 1 unspecified atom stereocenters. The lowest BCUT2D eigenvalue weighted by Crippen LogP contribution is -2.50. The Kier molecular flexibility index (Phi) is 10.4. The quantitative estimate of drug-likeness (QED) is 0.412. The van der Waals surface area contributed by atoms with Crippen LogP contribution in [0.1, 0.15) is 38.7 Å². The van der Waals surface area contributed by atoms with E-state index in [1.165, 1.54) is 4.90 Å². The van der Waals surface area contributed by atoms with Gasteiger partial charge in [-0.15, -0.1) is 0 Å². The highest BCUT2D eigenvalue weighted by atomic mass is 35.5. The summed E-state index contributed by atoms with van der Waals surface area (Å²) >= 11 is 18.6. The number of nitrogens with one attached hydrogen (secondary N) is 1. The van der Waals surface area contributed by atoms with E-state index >= 15 is 0 Å². The van der Waals surface area contributed by atoms with Crippen molar-refractivity contribution in [3.05, 3.63) is 63.1 Å². The van der Waals surface area contributed by atoms with Gasteiger partial charge in [-0.05, 0) is 43.2 Å². The molecule has 2 amide bonds. The summed E-state index contributed by atoms with van der Waals surface area (Å²) in [7, 11) is 0. The highest BCUT2D eigenvalue weighted by molar-refractivity contribution is 6.36. The molecule has 2 rings (SSSR count). The van der Waals surface area contributed by atoms with Crippen molar-refractivity contribution in [2.75, 3.05) is 13.2 Å². The SMILES string of the molecule is CCCCNC(=O)C(CC)N(Cc1c(Cl)cccc1Cl)C(=O)COc1cccc(Cl)c1. The van der Waals surface area contributed by atoms with Gasteiger partial charge >= 0.3 is 0 Å². The van der Waals surface area contributed by atoms with Crippen LogP contribution in [0.4, 0.5) is 0 Å². The van der Waals surface area contributed by atoms with Gasteiger partial charge in [0.05, 0.1) is 0 Å². The molecule has 1 N–H and O–H groups in total. The highest BCUT2D eigenvalue weighted by Crippen LogP contribution is 2.27. The van der Waals surface area contributed by atoms with E-state index in [2.05, 4.69) is 5.32 Å². The second kappa shape index (κ2) is 12.8. The molecule has 8 heteroatoms. The topological polar surface area (TPSA) is 58.6 Å². The number of halogens is 3. The summed E-state index contributed by atoms with van der Waals surface area (Å²) < 4.78 is 5.63. The van der Waals surface area contributed by atoms with Crippen molar-refractivity contribution >= 4 is 46.6 Å². The third-order valence-corrected chi connectivity index (χ3v) is 5.71. The van der Waals surface area contributed by atoms with Crippen molar-refractivity contribution in [1.82, 2.24) is 10.2 Å². The summed E-state index contributed by atoms with van der Waals surface area (Å²) in [6.07, 6.45) is 2.26. The molecule has 1 atom stereocenters. The fourth-order valence-corrected chi connectivity index (χ4v) is 3.76. The fourth-order valence-electron chi connectivity index (χ4n) is 3.06. The summed E-state index contributed by atoms with van der Waals surface area (Å²) in [5, 5.41) is 4.28. The maximum Gasteiger partial charge on any atom is 0.261 e. The van der Waals surface area contributed by atoms with Gasteiger partial charge in [-0.25, -0.2) is 0 Å². The van der Waals surface area contributed by atoms with Crippen molar-refractivity contribution in [2.45, 2.75) is 45.7 Å². The zero-order valence-corrected chi connectivity index (χ0v) is 19.9. The number of nitrogens with zero attached hydrogens (tertiary/aromatic N) is 1. The van der Waals surface area contributed by atoms with Crippen molar-refractivity contribution < 1.29 is 14.3 Å². The molecule has 0 aliphatic rings. The number of carbonyl (C=O) groups excluding carboxylic acids is 2. The molecule has 0 aromatic heterocycles. The molecule has 0 radical (unpaired) electrons.